The van der Waals surface area contributed by atoms with Crippen LogP contribution in [0.3, 0.4) is 0 Å². The van der Waals surface area contributed by atoms with E-state index in [2.05, 4.69) is 39.6 Å². The van der Waals surface area contributed by atoms with Crippen LogP contribution < -0.4 is 10.6 Å². The molecule has 1 aliphatic rings. The Balaban J connectivity index is 1.85. The SMILES string of the molecule is CC(Cc1ccccc1Br)NC(=O)C1CCNCC1. The molecule has 2 rings (SSSR count). The highest BCUT2D eigenvalue weighted by Crippen LogP contribution is 2.18. The molecule has 19 heavy (non-hydrogen) atoms. The molecule has 4 heteroatoms. The van der Waals surface area contributed by atoms with Crippen molar-refractivity contribution in [2.24, 2.45) is 5.92 Å². The summed E-state index contributed by atoms with van der Waals surface area (Å²) in [6.45, 7) is 3.98. The van der Waals surface area contributed by atoms with E-state index in [4.69, 9.17) is 0 Å². The zero-order valence-electron chi connectivity index (χ0n) is 11.3. The number of carbonyl (C=O) groups excluding carboxylic acids is 1. The van der Waals surface area contributed by atoms with Crippen LogP contribution in [0.1, 0.15) is 25.3 Å². The maximum atomic E-state index is 12.1. The highest BCUT2D eigenvalue weighted by Gasteiger charge is 2.22. The molecular formula is C15H21BrN2O. The minimum Gasteiger partial charge on any atom is -0.353 e. The Morgan fingerprint density at radius 3 is 2.79 bits per heavy atom. The van der Waals surface area contributed by atoms with Crippen molar-refractivity contribution in [3.63, 3.8) is 0 Å². The van der Waals surface area contributed by atoms with Crippen LogP contribution in [-0.2, 0) is 11.2 Å². The van der Waals surface area contributed by atoms with Gasteiger partial charge in [-0.15, -0.1) is 0 Å². The fourth-order valence-electron chi connectivity index (χ4n) is 2.49. The third-order valence-corrected chi connectivity index (χ3v) is 4.36. The van der Waals surface area contributed by atoms with Gasteiger partial charge in [0.2, 0.25) is 5.91 Å². The topological polar surface area (TPSA) is 41.1 Å². The van der Waals surface area contributed by atoms with E-state index in [0.717, 1.165) is 36.8 Å². The normalized spacial score (nSPS) is 18.0. The van der Waals surface area contributed by atoms with Gasteiger partial charge in [-0.2, -0.15) is 0 Å². The molecule has 0 aromatic heterocycles. The first-order chi connectivity index (χ1) is 9.16. The second-order valence-electron chi connectivity index (χ2n) is 5.23. The minimum atomic E-state index is 0.168. The maximum Gasteiger partial charge on any atom is 0.223 e. The molecule has 104 valence electrons. The zero-order chi connectivity index (χ0) is 13.7. The van der Waals surface area contributed by atoms with E-state index >= 15 is 0 Å². The molecule has 2 N–H and O–H groups in total. The zero-order valence-corrected chi connectivity index (χ0v) is 12.9. The van der Waals surface area contributed by atoms with Crippen molar-refractivity contribution in [1.29, 1.82) is 0 Å². The van der Waals surface area contributed by atoms with Crippen LogP contribution in [0.5, 0.6) is 0 Å². The first kappa shape index (κ1) is 14.5. The standard InChI is InChI=1S/C15H21BrN2O/c1-11(10-13-4-2-3-5-14(13)16)18-15(19)12-6-8-17-9-7-12/h2-5,11-12,17H,6-10H2,1H3,(H,18,19). The van der Waals surface area contributed by atoms with Gasteiger partial charge in [-0.05, 0) is 50.9 Å². The molecule has 0 bridgehead atoms. The number of nitrogens with one attached hydrogen (secondary N) is 2. The van der Waals surface area contributed by atoms with Gasteiger partial charge in [-0.3, -0.25) is 4.79 Å². The van der Waals surface area contributed by atoms with E-state index in [-0.39, 0.29) is 17.9 Å². The molecule has 1 aliphatic heterocycles. The fraction of sp³-hybridized carbons (Fsp3) is 0.533. The van der Waals surface area contributed by atoms with Gasteiger partial charge < -0.3 is 10.6 Å². The van der Waals surface area contributed by atoms with Crippen LogP contribution in [0, 0.1) is 5.92 Å². The Morgan fingerprint density at radius 2 is 2.11 bits per heavy atom. The van der Waals surface area contributed by atoms with Gasteiger partial charge in [0, 0.05) is 16.4 Å². The summed E-state index contributed by atoms with van der Waals surface area (Å²) in [6, 6.07) is 8.34. The first-order valence-electron chi connectivity index (χ1n) is 6.91. The van der Waals surface area contributed by atoms with Crippen LogP contribution in [0.2, 0.25) is 0 Å². The molecule has 3 nitrogen and oxygen atoms in total. The van der Waals surface area contributed by atoms with E-state index in [1.165, 1.54) is 5.56 Å². The Morgan fingerprint density at radius 1 is 1.42 bits per heavy atom. The van der Waals surface area contributed by atoms with E-state index in [1.54, 1.807) is 0 Å². The molecule has 1 amide bonds. The molecule has 0 radical (unpaired) electrons. The van der Waals surface area contributed by atoms with Gasteiger partial charge in [0.1, 0.15) is 0 Å². The van der Waals surface area contributed by atoms with Crippen molar-refractivity contribution >= 4 is 21.8 Å². The molecule has 0 saturated carbocycles. The van der Waals surface area contributed by atoms with Gasteiger partial charge >= 0.3 is 0 Å². The molecule has 1 unspecified atom stereocenters. The Labute approximate surface area is 123 Å². The average molecular weight is 325 g/mol. The molecule has 1 aromatic rings. The second-order valence-corrected chi connectivity index (χ2v) is 6.08. The predicted molar refractivity (Wildman–Crippen MR) is 81.0 cm³/mol. The number of rotatable bonds is 4. The highest BCUT2D eigenvalue weighted by atomic mass is 79.9. The maximum absolute atomic E-state index is 12.1. The molecular weight excluding hydrogens is 304 g/mol. The van der Waals surface area contributed by atoms with Gasteiger partial charge in [0.05, 0.1) is 0 Å². The quantitative estimate of drug-likeness (QED) is 0.893. The molecule has 1 atom stereocenters. The third kappa shape index (κ3) is 4.32. The van der Waals surface area contributed by atoms with Crippen molar-refractivity contribution in [3.05, 3.63) is 34.3 Å². The summed E-state index contributed by atoms with van der Waals surface area (Å²) in [7, 11) is 0. The number of benzene rings is 1. The lowest BCUT2D eigenvalue weighted by molar-refractivity contribution is -0.126. The molecule has 0 spiro atoms. The monoisotopic (exact) mass is 324 g/mol. The number of halogens is 1. The summed E-state index contributed by atoms with van der Waals surface area (Å²) in [6.07, 6.45) is 2.76. The van der Waals surface area contributed by atoms with Gasteiger partial charge in [0.15, 0.2) is 0 Å². The molecule has 1 aromatic carbocycles. The van der Waals surface area contributed by atoms with Gasteiger partial charge in [-0.25, -0.2) is 0 Å². The van der Waals surface area contributed by atoms with Crippen molar-refractivity contribution < 1.29 is 4.79 Å². The number of amides is 1. The highest BCUT2D eigenvalue weighted by molar-refractivity contribution is 9.10. The number of carbonyl (C=O) groups is 1. The largest absolute Gasteiger partial charge is 0.353 e. The van der Waals surface area contributed by atoms with Crippen molar-refractivity contribution in [1.82, 2.24) is 10.6 Å². The second kappa shape index (κ2) is 7.06. The summed E-state index contributed by atoms with van der Waals surface area (Å²) >= 11 is 3.55. The third-order valence-electron chi connectivity index (χ3n) is 3.58. The summed E-state index contributed by atoms with van der Waals surface area (Å²) in [5.41, 5.74) is 1.24. The minimum absolute atomic E-state index is 0.168. The fourth-order valence-corrected chi connectivity index (χ4v) is 2.94. The number of piperidine rings is 1. The first-order valence-corrected chi connectivity index (χ1v) is 7.70. The lowest BCUT2D eigenvalue weighted by Gasteiger charge is -2.24. The average Bonchev–Trinajstić information content (AvgIpc) is 2.42. The van der Waals surface area contributed by atoms with Gasteiger partial charge in [-0.1, -0.05) is 34.1 Å². The Kier molecular flexibility index (Phi) is 5.40. The summed E-state index contributed by atoms with van der Waals surface area (Å²) in [4.78, 5) is 12.1. The van der Waals surface area contributed by atoms with E-state index < -0.39 is 0 Å². The van der Waals surface area contributed by atoms with Crippen molar-refractivity contribution in [3.8, 4) is 0 Å². The van der Waals surface area contributed by atoms with Crippen LogP contribution in [0.25, 0.3) is 0 Å². The van der Waals surface area contributed by atoms with E-state index in [9.17, 15) is 4.79 Å². The molecule has 1 fully saturated rings. The van der Waals surface area contributed by atoms with E-state index in [1.807, 2.05) is 18.2 Å². The van der Waals surface area contributed by atoms with Crippen LogP contribution in [-0.4, -0.2) is 25.0 Å². The van der Waals surface area contributed by atoms with Crippen LogP contribution >= 0.6 is 15.9 Å². The van der Waals surface area contributed by atoms with Crippen molar-refractivity contribution in [2.45, 2.75) is 32.2 Å². The predicted octanol–water partition coefficient (Wildman–Crippen LogP) is 2.50. The van der Waals surface area contributed by atoms with Gasteiger partial charge in [0.25, 0.3) is 0 Å². The summed E-state index contributed by atoms with van der Waals surface area (Å²) in [5, 5.41) is 6.42. The van der Waals surface area contributed by atoms with Crippen LogP contribution in [0.4, 0.5) is 0 Å². The summed E-state index contributed by atoms with van der Waals surface area (Å²) < 4.78 is 1.11. The number of hydrogen-bond donors (Lipinski definition) is 2. The smallest absolute Gasteiger partial charge is 0.223 e. The van der Waals surface area contributed by atoms with Crippen molar-refractivity contribution in [2.75, 3.05) is 13.1 Å². The van der Waals surface area contributed by atoms with Crippen LogP contribution in [0.15, 0.2) is 28.7 Å². The Hall–Kier alpha value is -0.870. The number of hydrogen-bond acceptors (Lipinski definition) is 2. The molecule has 1 heterocycles. The Bertz CT molecular complexity index is 430. The van der Waals surface area contributed by atoms with E-state index in [0.29, 0.717) is 0 Å². The lowest BCUT2D eigenvalue weighted by atomic mass is 9.96. The summed E-state index contributed by atoms with van der Waals surface area (Å²) in [5.74, 6) is 0.393. The lowest BCUT2D eigenvalue weighted by Crippen LogP contribution is -2.42. The molecule has 0 aliphatic carbocycles. The molecule has 1 saturated heterocycles.